The van der Waals surface area contributed by atoms with Gasteiger partial charge in [-0.3, -0.25) is 27.4 Å². The van der Waals surface area contributed by atoms with Crippen LogP contribution in [0.4, 0.5) is 0 Å². The fraction of sp³-hybridized carbons (Fsp3) is 0.875. The van der Waals surface area contributed by atoms with Gasteiger partial charge >= 0.3 is 63.2 Å². The van der Waals surface area contributed by atoms with Crippen molar-refractivity contribution in [3.8, 4) is 0 Å². The van der Waals surface area contributed by atoms with E-state index < -0.39 is 98.3 Å². The van der Waals surface area contributed by atoms with Gasteiger partial charge in [0.1, 0.15) is 0 Å². The molecule has 0 amide bonds. The molecule has 6 unspecified atom stereocenters. The van der Waals surface area contributed by atoms with Gasteiger partial charge < -0.3 is 80.8 Å². The van der Waals surface area contributed by atoms with Gasteiger partial charge in [-0.2, -0.15) is 0 Å². The molecule has 24 nitrogen and oxygen atoms in total. The molecule has 32 heteroatoms. The lowest BCUT2D eigenvalue weighted by atomic mass is 10.4. The van der Waals surface area contributed by atoms with Crippen LogP contribution in [0.15, 0.2) is 24.3 Å². The molecule has 0 saturated heterocycles. The molecule has 0 aromatic heterocycles. The minimum atomic E-state index is -5.14. The van der Waals surface area contributed by atoms with Gasteiger partial charge in [-0.05, 0) is 122 Å². The molecule has 0 bridgehead atoms. The Kier molecular flexibility index (Phi) is 37.8. The number of rotatable bonds is 50. The summed E-state index contributed by atoms with van der Waals surface area (Å²) in [5.74, 6) is -8.78. The van der Waals surface area contributed by atoms with Gasteiger partial charge in [-0.15, -0.1) is 0 Å². The zero-order valence-electron chi connectivity index (χ0n) is 51.0. The monoisotopic (exact) mass is 1300 g/mol. The minimum Gasteiger partial charge on any atom is -0.355 e. The van der Waals surface area contributed by atoms with Gasteiger partial charge in [0.2, 0.25) is 0 Å². The topological polar surface area (TPSA) is 269 Å². The lowest BCUT2D eigenvalue weighted by Gasteiger charge is -2.42. The summed E-state index contributed by atoms with van der Waals surface area (Å²) in [6, 6.07) is 5.94. The molecule has 6 atom stereocenters. The maximum Gasteiger partial charge on any atom is 0.539 e. The highest BCUT2D eigenvalue weighted by atomic mass is 31.2. The molecule has 0 aliphatic heterocycles. The van der Waals surface area contributed by atoms with Crippen LogP contribution in [0.3, 0.4) is 0 Å². The summed E-state index contributed by atoms with van der Waals surface area (Å²) in [5.41, 5.74) is 0. The number of hydrogen-bond donors (Lipinski definition) is 0. The summed E-state index contributed by atoms with van der Waals surface area (Å²) in [6.07, 6.45) is -0.205. The predicted octanol–water partition coefficient (Wildman–Crippen LogP) is 14.1. The fourth-order valence-corrected chi connectivity index (χ4v) is 28.6. The second-order valence-electron chi connectivity index (χ2n) is 16.8. The van der Waals surface area contributed by atoms with Gasteiger partial charge in [0, 0.05) is 10.4 Å². The Morgan fingerprint density at radius 3 is 0.450 bits per heavy atom. The van der Waals surface area contributed by atoms with E-state index in [1.165, 1.54) is 24.3 Å². The second kappa shape index (κ2) is 38.6. The van der Waals surface area contributed by atoms with Crippen molar-refractivity contribution in [3.05, 3.63) is 24.3 Å². The van der Waals surface area contributed by atoms with Crippen LogP contribution in [0.1, 0.15) is 163 Å². The van der Waals surface area contributed by atoms with Gasteiger partial charge in [0.25, 0.3) is 0 Å². The Bertz CT molecular complexity index is 1760. The first-order valence-corrected chi connectivity index (χ1v) is 41.6. The van der Waals surface area contributed by atoms with E-state index in [4.69, 9.17) is 80.8 Å². The van der Waals surface area contributed by atoms with Gasteiger partial charge in [-0.25, -0.2) is 0 Å². The third-order valence-electron chi connectivity index (χ3n) is 11.3. The summed E-state index contributed by atoms with van der Waals surface area (Å²) in [7, 11) is -35.9. The molecule has 1 aromatic rings. The summed E-state index contributed by atoms with van der Waals surface area (Å²) in [5, 5.41) is 0.115. The van der Waals surface area contributed by atoms with Crippen molar-refractivity contribution in [2.45, 2.75) is 198 Å². The maximum atomic E-state index is 15.0. The zero-order chi connectivity index (χ0) is 60.9. The van der Waals surface area contributed by atoms with Crippen molar-refractivity contribution >= 4 is 73.6 Å². The molecule has 0 fully saturated rings. The summed E-state index contributed by atoms with van der Waals surface area (Å²) < 4.78 is 203. The van der Waals surface area contributed by atoms with E-state index in [1.807, 2.05) is 0 Å². The SMILES string of the molecule is CCOP(=O)(OCC)C(CC)O[Si](OC(CC)P(=O)(OCC)OCC)(OC(CC)P(=O)(OCC)OCC)c1ccc([Si](OC(CC)P(=O)(OCC)OCC)(OC(CC)P(=O)(OCC)OCC)OC(CC)P(=O)(OCC)OCC)cc1. The third-order valence-corrected chi connectivity index (χ3v) is 32.6. The summed E-state index contributed by atoms with van der Waals surface area (Å²) in [6.45, 7) is 29.0. The molecule has 80 heavy (non-hydrogen) atoms. The number of hydrogen-bond acceptors (Lipinski definition) is 24. The van der Waals surface area contributed by atoms with Crippen LogP contribution in [-0.4, -0.2) is 132 Å². The normalized spacial score (nSPS) is 17.1. The molecule has 0 radical (unpaired) electrons. The average Bonchev–Trinajstić information content (AvgIpc) is 3.41. The molecule has 0 N–H and O–H groups in total. The van der Waals surface area contributed by atoms with E-state index in [-0.39, 0.29) is 128 Å². The van der Waals surface area contributed by atoms with E-state index >= 15 is 27.4 Å². The first-order valence-electron chi connectivity index (χ1n) is 28.4. The standard InChI is InChI=1S/C48H100O24P6Si2/c1-19-43(73(49,55-25-7)56-26-8)67-79(68-44(20-2)74(50,57-27-9)58-28-10,69-45(21-3)75(51,59-29-11)60-30-12)41-37-39-42(40-38-41)80(70-46(22-4)76(52,61-31-13)62-32-14,71-47(23-5)77(53,63-33-15)64-34-16)72-48(24-6)78(54,65-35-17)66-36-18/h37-40,43-48H,19-36H2,1-18H3. The van der Waals surface area contributed by atoms with Gasteiger partial charge in [-0.1, -0.05) is 65.8 Å². The van der Waals surface area contributed by atoms with Crippen LogP contribution in [0, 0.1) is 0 Å². The van der Waals surface area contributed by atoms with Crippen LogP contribution in [0.2, 0.25) is 0 Å². The van der Waals surface area contributed by atoms with Crippen LogP contribution in [0.25, 0.3) is 0 Å². The minimum absolute atomic E-state index is 0.0342. The Morgan fingerprint density at radius 1 is 0.250 bits per heavy atom. The molecule has 1 aromatic carbocycles. The maximum absolute atomic E-state index is 15.0. The Labute approximate surface area is 481 Å². The van der Waals surface area contributed by atoms with Crippen LogP contribution < -0.4 is 10.4 Å². The fourth-order valence-electron chi connectivity index (χ4n) is 8.14. The van der Waals surface area contributed by atoms with Crippen molar-refractivity contribution in [2.24, 2.45) is 0 Å². The largest absolute Gasteiger partial charge is 0.539 e. The molecule has 0 aliphatic carbocycles. The quantitative estimate of drug-likeness (QED) is 0.0433. The van der Waals surface area contributed by atoms with E-state index in [9.17, 15) is 0 Å². The average molecular weight is 1300 g/mol. The second-order valence-corrected chi connectivity index (χ2v) is 34.7. The molecule has 0 heterocycles. The molecule has 1 rings (SSSR count). The van der Waals surface area contributed by atoms with Crippen molar-refractivity contribution in [3.63, 3.8) is 0 Å². The van der Waals surface area contributed by atoms with Crippen molar-refractivity contribution in [1.82, 2.24) is 0 Å². The van der Waals surface area contributed by atoms with E-state index in [1.54, 1.807) is 125 Å². The Morgan fingerprint density at radius 2 is 0.362 bits per heavy atom. The van der Waals surface area contributed by atoms with Crippen molar-refractivity contribution in [1.29, 1.82) is 0 Å². The van der Waals surface area contributed by atoms with Crippen molar-refractivity contribution in [2.75, 3.05) is 79.3 Å². The zero-order valence-corrected chi connectivity index (χ0v) is 58.3. The molecule has 0 aliphatic rings. The first-order chi connectivity index (χ1) is 37.9. The number of benzene rings is 1. The molecule has 0 saturated carbocycles. The summed E-state index contributed by atoms with van der Waals surface area (Å²) in [4.78, 5) is 0. The first kappa shape index (κ1) is 78.3. The Hall–Kier alpha value is 0.314. The molecular formula is C48H100O24P6Si2. The summed E-state index contributed by atoms with van der Waals surface area (Å²) >= 11 is 0. The molecule has 474 valence electrons. The van der Waals surface area contributed by atoms with E-state index in [0.717, 1.165) is 0 Å². The van der Waals surface area contributed by atoms with Crippen molar-refractivity contribution < 1.29 is 108 Å². The highest BCUT2D eigenvalue weighted by Crippen LogP contribution is 2.62. The van der Waals surface area contributed by atoms with Crippen LogP contribution >= 0.6 is 45.6 Å². The van der Waals surface area contributed by atoms with E-state index in [2.05, 4.69) is 0 Å². The predicted molar refractivity (Wildman–Crippen MR) is 313 cm³/mol. The smallest absolute Gasteiger partial charge is 0.355 e. The highest BCUT2D eigenvalue weighted by molar-refractivity contribution is 7.56. The van der Waals surface area contributed by atoms with Crippen LogP contribution in [-0.2, 0) is 108 Å². The molecular weight excluding hydrogens is 1200 g/mol. The van der Waals surface area contributed by atoms with Gasteiger partial charge in [0.15, 0.2) is 35.1 Å². The van der Waals surface area contributed by atoms with Gasteiger partial charge in [0.05, 0.1) is 79.3 Å². The van der Waals surface area contributed by atoms with Crippen LogP contribution in [0.5, 0.6) is 0 Å². The Balaban J connectivity index is 5.26. The highest BCUT2D eigenvalue weighted by Gasteiger charge is 2.61. The third kappa shape index (κ3) is 21.3. The molecule has 0 spiro atoms. The lowest BCUT2D eigenvalue weighted by molar-refractivity contribution is 0.0133. The lowest BCUT2D eigenvalue weighted by Crippen LogP contribution is -2.63. The van der Waals surface area contributed by atoms with E-state index in [0.29, 0.717) is 0 Å².